The number of hydrogen-bond acceptors (Lipinski definition) is 3. The van der Waals surface area contributed by atoms with Crippen LogP contribution in [0.15, 0.2) is 42.5 Å². The largest absolute Gasteiger partial charge is 0.494 e. The highest BCUT2D eigenvalue weighted by Crippen LogP contribution is 2.21. The molecule has 0 spiro atoms. The third-order valence-corrected chi connectivity index (χ3v) is 3.15. The standard InChI is InChI=1S/C17H20FNO2/c1-3-19-11-14-6-4-5-7-16(14)21-12-13-8-9-17(20-2)15(18)10-13/h4-10,19H,3,11-12H2,1-2H3. The molecule has 4 heteroatoms. The fraction of sp³-hybridized carbons (Fsp3) is 0.294. The second-order valence-electron chi connectivity index (χ2n) is 4.65. The van der Waals surface area contributed by atoms with Gasteiger partial charge >= 0.3 is 0 Å². The molecule has 0 atom stereocenters. The molecular formula is C17H20FNO2. The number of methoxy groups -OCH3 is 1. The van der Waals surface area contributed by atoms with Crippen LogP contribution in [0.3, 0.4) is 0 Å². The Hall–Kier alpha value is -2.07. The van der Waals surface area contributed by atoms with Crippen molar-refractivity contribution in [3.05, 3.63) is 59.4 Å². The second kappa shape index (κ2) is 7.64. The highest BCUT2D eigenvalue weighted by atomic mass is 19.1. The highest BCUT2D eigenvalue weighted by molar-refractivity contribution is 5.34. The Labute approximate surface area is 124 Å². The van der Waals surface area contributed by atoms with Gasteiger partial charge in [-0.05, 0) is 30.3 Å². The minimum absolute atomic E-state index is 0.242. The molecule has 0 unspecified atom stereocenters. The minimum Gasteiger partial charge on any atom is -0.494 e. The molecule has 0 bridgehead atoms. The first-order valence-electron chi connectivity index (χ1n) is 6.98. The molecule has 0 saturated carbocycles. The molecule has 1 N–H and O–H groups in total. The van der Waals surface area contributed by atoms with E-state index in [-0.39, 0.29) is 11.6 Å². The number of nitrogens with one attached hydrogen (secondary N) is 1. The summed E-state index contributed by atoms with van der Waals surface area (Å²) in [5.74, 6) is 0.681. The molecule has 2 aromatic carbocycles. The van der Waals surface area contributed by atoms with Crippen molar-refractivity contribution in [3.63, 3.8) is 0 Å². The number of benzene rings is 2. The molecule has 0 aromatic heterocycles. The van der Waals surface area contributed by atoms with Crippen molar-refractivity contribution in [2.24, 2.45) is 0 Å². The van der Waals surface area contributed by atoms with Gasteiger partial charge < -0.3 is 14.8 Å². The number of ether oxygens (including phenoxy) is 2. The van der Waals surface area contributed by atoms with Crippen LogP contribution in [0.2, 0.25) is 0 Å². The van der Waals surface area contributed by atoms with Crippen molar-refractivity contribution >= 4 is 0 Å². The van der Waals surface area contributed by atoms with Crippen molar-refractivity contribution in [1.29, 1.82) is 0 Å². The van der Waals surface area contributed by atoms with Crippen LogP contribution < -0.4 is 14.8 Å². The number of hydrogen-bond donors (Lipinski definition) is 1. The Morgan fingerprint density at radius 2 is 1.90 bits per heavy atom. The van der Waals surface area contributed by atoms with E-state index in [1.807, 2.05) is 24.3 Å². The van der Waals surface area contributed by atoms with E-state index in [0.717, 1.165) is 30.0 Å². The van der Waals surface area contributed by atoms with E-state index >= 15 is 0 Å². The Bertz CT molecular complexity index is 587. The van der Waals surface area contributed by atoms with Gasteiger partial charge in [0.05, 0.1) is 7.11 Å². The maximum absolute atomic E-state index is 13.6. The molecule has 2 rings (SSSR count). The quantitative estimate of drug-likeness (QED) is 0.846. The summed E-state index contributed by atoms with van der Waals surface area (Å²) < 4.78 is 24.3. The zero-order chi connectivity index (χ0) is 15.1. The lowest BCUT2D eigenvalue weighted by molar-refractivity contribution is 0.301. The van der Waals surface area contributed by atoms with Crippen molar-refractivity contribution < 1.29 is 13.9 Å². The number of rotatable bonds is 7. The highest BCUT2D eigenvalue weighted by Gasteiger charge is 2.06. The predicted octanol–water partition coefficient (Wildman–Crippen LogP) is 3.52. The average Bonchev–Trinajstić information content (AvgIpc) is 2.52. The first-order valence-corrected chi connectivity index (χ1v) is 6.98. The zero-order valence-corrected chi connectivity index (χ0v) is 12.4. The van der Waals surface area contributed by atoms with E-state index in [1.165, 1.54) is 13.2 Å². The van der Waals surface area contributed by atoms with Crippen LogP contribution in [0.25, 0.3) is 0 Å². The summed E-state index contributed by atoms with van der Waals surface area (Å²) in [5, 5.41) is 3.27. The maximum atomic E-state index is 13.6. The molecule has 0 aliphatic heterocycles. The van der Waals surface area contributed by atoms with Crippen molar-refractivity contribution in [2.75, 3.05) is 13.7 Å². The molecule has 0 aliphatic rings. The molecule has 0 radical (unpaired) electrons. The van der Waals surface area contributed by atoms with Gasteiger partial charge in [-0.3, -0.25) is 0 Å². The Morgan fingerprint density at radius 1 is 1.10 bits per heavy atom. The zero-order valence-electron chi connectivity index (χ0n) is 12.4. The van der Waals surface area contributed by atoms with Gasteiger partial charge in [0.15, 0.2) is 11.6 Å². The van der Waals surface area contributed by atoms with E-state index in [0.29, 0.717) is 6.61 Å². The molecule has 2 aromatic rings. The van der Waals surface area contributed by atoms with Crippen LogP contribution in [0.1, 0.15) is 18.1 Å². The Morgan fingerprint density at radius 3 is 2.62 bits per heavy atom. The predicted molar refractivity (Wildman–Crippen MR) is 81.1 cm³/mol. The summed E-state index contributed by atoms with van der Waals surface area (Å²) in [6, 6.07) is 12.7. The lowest BCUT2D eigenvalue weighted by Crippen LogP contribution is -2.12. The number of para-hydroxylation sites is 1. The molecule has 0 fully saturated rings. The van der Waals surface area contributed by atoms with Gasteiger partial charge in [-0.25, -0.2) is 4.39 Å². The summed E-state index contributed by atoms with van der Waals surface area (Å²) in [7, 11) is 1.45. The van der Waals surface area contributed by atoms with E-state index in [4.69, 9.17) is 9.47 Å². The molecule has 0 amide bonds. The summed E-state index contributed by atoms with van der Waals surface area (Å²) in [5.41, 5.74) is 1.86. The molecule has 112 valence electrons. The smallest absolute Gasteiger partial charge is 0.165 e. The third-order valence-electron chi connectivity index (χ3n) is 3.15. The third kappa shape index (κ3) is 4.20. The normalized spacial score (nSPS) is 10.4. The molecular weight excluding hydrogens is 269 g/mol. The van der Waals surface area contributed by atoms with E-state index in [1.54, 1.807) is 12.1 Å². The first-order chi connectivity index (χ1) is 10.2. The van der Waals surface area contributed by atoms with Crippen molar-refractivity contribution in [3.8, 4) is 11.5 Å². The Balaban J connectivity index is 2.04. The van der Waals surface area contributed by atoms with E-state index < -0.39 is 0 Å². The van der Waals surface area contributed by atoms with Gasteiger partial charge in [-0.15, -0.1) is 0 Å². The van der Waals surface area contributed by atoms with Gasteiger partial charge in [0, 0.05) is 12.1 Å². The molecule has 21 heavy (non-hydrogen) atoms. The SMILES string of the molecule is CCNCc1ccccc1OCc1ccc(OC)c(F)c1. The molecule has 0 aliphatic carbocycles. The molecule has 0 heterocycles. The molecule has 0 saturated heterocycles. The van der Waals surface area contributed by atoms with Gasteiger partial charge in [0.25, 0.3) is 0 Å². The van der Waals surface area contributed by atoms with Crippen LogP contribution in [0.5, 0.6) is 11.5 Å². The van der Waals surface area contributed by atoms with E-state index in [2.05, 4.69) is 12.2 Å². The van der Waals surface area contributed by atoms with Gasteiger partial charge in [-0.1, -0.05) is 31.2 Å². The summed E-state index contributed by atoms with van der Waals surface area (Å²) in [6.45, 7) is 4.04. The van der Waals surface area contributed by atoms with Crippen LogP contribution in [0, 0.1) is 5.82 Å². The van der Waals surface area contributed by atoms with Crippen LogP contribution in [0.4, 0.5) is 4.39 Å². The summed E-state index contributed by atoms with van der Waals surface area (Å²) in [4.78, 5) is 0. The van der Waals surface area contributed by atoms with Gasteiger partial charge in [0.1, 0.15) is 12.4 Å². The fourth-order valence-corrected chi connectivity index (χ4v) is 2.01. The van der Waals surface area contributed by atoms with Gasteiger partial charge in [0.2, 0.25) is 0 Å². The number of halogens is 1. The van der Waals surface area contributed by atoms with Crippen molar-refractivity contribution in [2.45, 2.75) is 20.1 Å². The fourth-order valence-electron chi connectivity index (χ4n) is 2.01. The van der Waals surface area contributed by atoms with Crippen molar-refractivity contribution in [1.82, 2.24) is 5.32 Å². The monoisotopic (exact) mass is 289 g/mol. The average molecular weight is 289 g/mol. The van der Waals surface area contributed by atoms with Gasteiger partial charge in [-0.2, -0.15) is 0 Å². The second-order valence-corrected chi connectivity index (χ2v) is 4.65. The van der Waals surface area contributed by atoms with E-state index in [9.17, 15) is 4.39 Å². The topological polar surface area (TPSA) is 30.5 Å². The summed E-state index contributed by atoms with van der Waals surface area (Å²) in [6.07, 6.45) is 0. The summed E-state index contributed by atoms with van der Waals surface area (Å²) >= 11 is 0. The first kappa shape index (κ1) is 15.3. The lowest BCUT2D eigenvalue weighted by Gasteiger charge is -2.12. The van der Waals surface area contributed by atoms with Crippen LogP contribution in [-0.4, -0.2) is 13.7 Å². The lowest BCUT2D eigenvalue weighted by atomic mass is 10.2. The Kier molecular flexibility index (Phi) is 5.58. The minimum atomic E-state index is -0.375. The molecule has 3 nitrogen and oxygen atoms in total. The van der Waals surface area contributed by atoms with Crippen LogP contribution >= 0.6 is 0 Å². The van der Waals surface area contributed by atoms with Crippen LogP contribution in [-0.2, 0) is 13.2 Å². The maximum Gasteiger partial charge on any atom is 0.165 e.